The van der Waals surface area contributed by atoms with Crippen molar-refractivity contribution in [3.63, 3.8) is 0 Å². The lowest BCUT2D eigenvalue weighted by Gasteiger charge is -2.15. The smallest absolute Gasteiger partial charge is 0.000718 e. The highest BCUT2D eigenvalue weighted by Gasteiger charge is 2.27. The molecule has 268 valence electrons. The van der Waals surface area contributed by atoms with E-state index in [4.69, 9.17) is 0 Å². The van der Waals surface area contributed by atoms with E-state index < -0.39 is 0 Å². The Balaban J connectivity index is 1.15. The van der Waals surface area contributed by atoms with Crippen molar-refractivity contribution in [2.24, 2.45) is 0 Å². The first kappa shape index (κ1) is 32.7. The highest BCUT2D eigenvalue weighted by molar-refractivity contribution is 6.46. The minimum Gasteiger partial charge on any atom is -0.0622 e. The van der Waals surface area contributed by atoms with E-state index in [1.807, 2.05) is 0 Å². The predicted molar refractivity (Wildman–Crippen MR) is 250 cm³/mol. The van der Waals surface area contributed by atoms with E-state index in [0.29, 0.717) is 0 Å². The van der Waals surface area contributed by atoms with Crippen LogP contribution in [0.4, 0.5) is 0 Å². The van der Waals surface area contributed by atoms with Gasteiger partial charge in [0, 0.05) is 0 Å². The van der Waals surface area contributed by atoms with Crippen molar-refractivity contribution >= 4 is 76.3 Å². The van der Waals surface area contributed by atoms with Gasteiger partial charge in [0.25, 0.3) is 0 Å². The van der Waals surface area contributed by atoms with E-state index in [2.05, 4.69) is 218 Å². The largest absolute Gasteiger partial charge is 0.0622 e. The monoisotopic (exact) mass is 732 g/mol. The second-order valence-electron chi connectivity index (χ2n) is 15.5. The molecule has 0 unspecified atom stereocenters. The van der Waals surface area contributed by atoms with Crippen LogP contribution in [0.25, 0.3) is 110 Å². The van der Waals surface area contributed by atoms with E-state index in [1.165, 1.54) is 120 Å². The maximum Gasteiger partial charge on any atom is -0.000718 e. The summed E-state index contributed by atoms with van der Waals surface area (Å²) < 4.78 is 0. The highest BCUT2D eigenvalue weighted by Crippen LogP contribution is 2.56. The summed E-state index contributed by atoms with van der Waals surface area (Å²) in [5, 5.41) is 15.9. The summed E-state index contributed by atoms with van der Waals surface area (Å²) in [5.74, 6) is 0. The van der Waals surface area contributed by atoms with Crippen LogP contribution in [0, 0.1) is 0 Å². The van der Waals surface area contributed by atoms with Crippen LogP contribution in [0.2, 0.25) is 0 Å². The van der Waals surface area contributed by atoms with Crippen LogP contribution in [0.1, 0.15) is 16.7 Å². The fourth-order valence-electron chi connectivity index (χ4n) is 9.94. The molecule has 0 aromatic heterocycles. The zero-order valence-electron chi connectivity index (χ0n) is 31.8. The number of hydrogen-bond donors (Lipinski definition) is 0. The molecular formula is C58H36. The van der Waals surface area contributed by atoms with E-state index in [9.17, 15) is 0 Å². The van der Waals surface area contributed by atoms with Gasteiger partial charge in [0.05, 0.1) is 0 Å². The fourth-order valence-corrected chi connectivity index (χ4v) is 9.94. The molecule has 0 saturated heterocycles. The summed E-state index contributed by atoms with van der Waals surface area (Å²) in [5.41, 5.74) is 12.4. The Bertz CT molecular complexity index is 3320. The third-order valence-electron chi connectivity index (χ3n) is 12.3. The topological polar surface area (TPSA) is 0 Å². The van der Waals surface area contributed by atoms with E-state index >= 15 is 0 Å². The van der Waals surface area contributed by atoms with Crippen LogP contribution >= 0.6 is 0 Å². The highest BCUT2D eigenvalue weighted by atomic mass is 14.3. The molecular weight excluding hydrogens is 697 g/mol. The van der Waals surface area contributed by atoms with Crippen molar-refractivity contribution in [3.8, 4) is 33.4 Å². The zero-order chi connectivity index (χ0) is 38.2. The number of hydrogen-bond acceptors (Lipinski definition) is 0. The summed E-state index contributed by atoms with van der Waals surface area (Å²) in [6, 6.07) is 78.1. The Morgan fingerprint density at radius 2 is 0.707 bits per heavy atom. The first-order valence-corrected chi connectivity index (χ1v) is 20.2. The van der Waals surface area contributed by atoms with Gasteiger partial charge < -0.3 is 0 Å². The van der Waals surface area contributed by atoms with Crippen LogP contribution in [-0.2, 0) is 0 Å². The Labute approximate surface area is 337 Å². The first-order chi connectivity index (χ1) is 28.8. The molecule has 0 saturated carbocycles. The molecule has 0 N–H and O–H groups in total. The van der Waals surface area contributed by atoms with Crippen LogP contribution < -0.4 is 0 Å². The summed E-state index contributed by atoms with van der Waals surface area (Å²) in [4.78, 5) is 0. The standard InChI is InChI=1S/C58H36/c1-5-16-38(17-6-1)50(39-18-7-2-8-19-39)36-37-30-32-40(33-31-37)44-34-35-49-54-45(44)26-15-29-48(54)57-52(42-20-9-3-10-21-42)55-46-27-13-24-41-25-14-28-47(51(41)46)56(55)53(58(49)57)43-22-11-4-12-23-43/h1-36H. The molecule has 0 fully saturated rings. The molecule has 0 aliphatic rings. The molecule has 12 aromatic rings. The van der Waals surface area contributed by atoms with Crippen molar-refractivity contribution in [2.75, 3.05) is 0 Å². The third kappa shape index (κ3) is 4.89. The number of fused-ring (bicyclic) bond motifs is 6. The fraction of sp³-hybridized carbons (Fsp3) is 0. The van der Waals surface area contributed by atoms with Crippen LogP contribution in [0.3, 0.4) is 0 Å². The van der Waals surface area contributed by atoms with Gasteiger partial charge in [0.2, 0.25) is 0 Å². The first-order valence-electron chi connectivity index (χ1n) is 20.2. The van der Waals surface area contributed by atoms with Crippen molar-refractivity contribution in [1.82, 2.24) is 0 Å². The van der Waals surface area contributed by atoms with Gasteiger partial charge in [-0.15, -0.1) is 0 Å². The van der Waals surface area contributed by atoms with Crippen molar-refractivity contribution in [1.29, 1.82) is 0 Å². The lowest BCUT2D eigenvalue weighted by atomic mass is 9.87. The lowest BCUT2D eigenvalue weighted by molar-refractivity contribution is 1.55. The third-order valence-corrected chi connectivity index (χ3v) is 12.3. The van der Waals surface area contributed by atoms with Crippen molar-refractivity contribution in [2.45, 2.75) is 0 Å². The van der Waals surface area contributed by atoms with Gasteiger partial charge >= 0.3 is 0 Å². The minimum atomic E-state index is 1.18. The van der Waals surface area contributed by atoms with E-state index in [0.717, 1.165) is 0 Å². The molecule has 0 spiro atoms. The molecule has 0 heterocycles. The molecule has 0 bridgehead atoms. The van der Waals surface area contributed by atoms with E-state index in [1.54, 1.807) is 0 Å². The summed E-state index contributed by atoms with van der Waals surface area (Å²) in [6.45, 7) is 0. The zero-order valence-corrected chi connectivity index (χ0v) is 31.8. The summed E-state index contributed by atoms with van der Waals surface area (Å²) in [6.07, 6.45) is 2.31. The van der Waals surface area contributed by atoms with Gasteiger partial charge in [-0.1, -0.05) is 212 Å². The average Bonchev–Trinajstić information content (AvgIpc) is 3.81. The summed E-state index contributed by atoms with van der Waals surface area (Å²) in [7, 11) is 0. The molecule has 0 heteroatoms. The van der Waals surface area contributed by atoms with Crippen molar-refractivity contribution in [3.05, 3.63) is 229 Å². The normalized spacial score (nSPS) is 11.8. The molecule has 58 heavy (non-hydrogen) atoms. The SMILES string of the molecule is C(=C(c1ccccc1)c1ccccc1)c1ccc(-c2ccc3c4c(-c5ccccc5)c5c6cccc7cccc(c5c(-c5ccccc5)c4c4cccc2c43)c76)cc1. The van der Waals surface area contributed by atoms with Gasteiger partial charge in [0.15, 0.2) is 0 Å². The van der Waals surface area contributed by atoms with Gasteiger partial charge in [-0.05, 0) is 126 Å². The number of rotatable bonds is 6. The Kier molecular flexibility index (Phi) is 7.33. The molecule has 0 amide bonds. The predicted octanol–water partition coefficient (Wildman–Crippen LogP) is 16.1. The Morgan fingerprint density at radius 3 is 1.22 bits per heavy atom. The molecule has 12 aromatic carbocycles. The molecule has 0 radical (unpaired) electrons. The van der Waals surface area contributed by atoms with E-state index in [-0.39, 0.29) is 0 Å². The van der Waals surface area contributed by atoms with Gasteiger partial charge in [0.1, 0.15) is 0 Å². The minimum absolute atomic E-state index is 1.18. The number of benzene rings is 10. The van der Waals surface area contributed by atoms with Gasteiger partial charge in [-0.2, -0.15) is 0 Å². The van der Waals surface area contributed by atoms with Crippen LogP contribution in [0.5, 0.6) is 0 Å². The quantitative estimate of drug-likeness (QED) is 0.149. The summed E-state index contributed by atoms with van der Waals surface area (Å²) >= 11 is 0. The average molecular weight is 733 g/mol. The second kappa shape index (κ2) is 13.0. The molecule has 0 aliphatic heterocycles. The van der Waals surface area contributed by atoms with Crippen LogP contribution in [0.15, 0.2) is 212 Å². The lowest BCUT2D eigenvalue weighted by Crippen LogP contribution is -1.88. The van der Waals surface area contributed by atoms with Gasteiger partial charge in [-0.25, -0.2) is 0 Å². The molecule has 12 rings (SSSR count). The second-order valence-corrected chi connectivity index (χ2v) is 15.5. The van der Waals surface area contributed by atoms with Crippen molar-refractivity contribution < 1.29 is 0 Å². The molecule has 0 nitrogen and oxygen atoms in total. The van der Waals surface area contributed by atoms with Gasteiger partial charge in [-0.3, -0.25) is 0 Å². The maximum absolute atomic E-state index is 2.40. The maximum atomic E-state index is 2.40. The molecule has 0 atom stereocenters. The Hall–Kier alpha value is -7.54. The van der Waals surface area contributed by atoms with Crippen LogP contribution in [-0.4, -0.2) is 0 Å². The Morgan fingerprint density at radius 1 is 0.276 bits per heavy atom. The molecule has 0 aliphatic carbocycles.